The topological polar surface area (TPSA) is 20.3 Å². The fraction of sp³-hybridized carbons (Fsp3) is 0.316. The molecule has 1 saturated heterocycles. The van der Waals surface area contributed by atoms with Crippen LogP contribution in [0.15, 0.2) is 48.5 Å². The van der Waals surface area contributed by atoms with E-state index in [9.17, 15) is 9.18 Å². The number of aryl methyl sites for hydroxylation is 1. The van der Waals surface area contributed by atoms with Gasteiger partial charge in [0.2, 0.25) is 5.91 Å². The standard InChI is InChI=1S/C19H19ClFNO/c20-17-5-2-1-4-14(17)9-12-19(23)22-13-3-6-18(22)15-7-10-16(21)11-8-15/h1-2,4-5,7-8,10-11,18H,3,6,9,12-13H2. The molecule has 1 fully saturated rings. The molecule has 0 saturated carbocycles. The van der Waals surface area contributed by atoms with Crippen LogP contribution in [0.4, 0.5) is 4.39 Å². The molecule has 0 aromatic heterocycles. The molecule has 2 aromatic carbocycles. The number of rotatable bonds is 4. The Balaban J connectivity index is 1.66. The lowest BCUT2D eigenvalue weighted by molar-refractivity contribution is -0.132. The number of hydrogen-bond donors (Lipinski definition) is 0. The molecule has 0 spiro atoms. The third-order valence-corrected chi connectivity index (χ3v) is 4.76. The van der Waals surface area contributed by atoms with Gasteiger partial charge in [0.15, 0.2) is 0 Å². The third-order valence-electron chi connectivity index (χ3n) is 4.39. The number of nitrogens with zero attached hydrogens (tertiary/aromatic N) is 1. The average Bonchev–Trinajstić information content (AvgIpc) is 3.04. The van der Waals surface area contributed by atoms with Crippen LogP contribution in [0.2, 0.25) is 5.02 Å². The van der Waals surface area contributed by atoms with E-state index in [0.29, 0.717) is 17.9 Å². The molecule has 0 aliphatic carbocycles. The van der Waals surface area contributed by atoms with Crippen LogP contribution < -0.4 is 0 Å². The first-order valence-corrected chi connectivity index (χ1v) is 8.31. The highest BCUT2D eigenvalue weighted by Gasteiger charge is 2.29. The number of benzene rings is 2. The van der Waals surface area contributed by atoms with Crippen molar-refractivity contribution in [3.8, 4) is 0 Å². The van der Waals surface area contributed by atoms with E-state index in [0.717, 1.165) is 30.5 Å². The first kappa shape index (κ1) is 16.0. The maximum absolute atomic E-state index is 13.1. The second-order valence-electron chi connectivity index (χ2n) is 5.89. The Morgan fingerprint density at radius 3 is 2.65 bits per heavy atom. The van der Waals surface area contributed by atoms with Crippen molar-refractivity contribution in [2.24, 2.45) is 0 Å². The fourth-order valence-electron chi connectivity index (χ4n) is 3.18. The minimum absolute atomic E-state index is 0.0642. The summed E-state index contributed by atoms with van der Waals surface area (Å²) in [7, 11) is 0. The Hall–Kier alpha value is -1.87. The van der Waals surface area contributed by atoms with E-state index in [-0.39, 0.29) is 17.8 Å². The Labute approximate surface area is 140 Å². The van der Waals surface area contributed by atoms with Crippen molar-refractivity contribution in [2.75, 3.05) is 6.54 Å². The van der Waals surface area contributed by atoms with Crippen molar-refractivity contribution in [3.63, 3.8) is 0 Å². The van der Waals surface area contributed by atoms with Crippen LogP contribution in [0, 0.1) is 5.82 Å². The molecule has 2 aromatic rings. The minimum atomic E-state index is -0.247. The van der Waals surface area contributed by atoms with Crippen molar-refractivity contribution in [3.05, 3.63) is 70.5 Å². The third kappa shape index (κ3) is 3.73. The number of carbonyl (C=O) groups is 1. The van der Waals surface area contributed by atoms with Gasteiger partial charge in [-0.3, -0.25) is 4.79 Å². The highest BCUT2D eigenvalue weighted by atomic mass is 35.5. The molecule has 1 aliphatic heterocycles. The molecule has 1 aliphatic rings. The number of carbonyl (C=O) groups excluding carboxylic acids is 1. The molecule has 2 nitrogen and oxygen atoms in total. The van der Waals surface area contributed by atoms with Gasteiger partial charge in [-0.05, 0) is 48.6 Å². The summed E-state index contributed by atoms with van der Waals surface area (Å²) in [5, 5.41) is 0.705. The maximum Gasteiger partial charge on any atom is 0.223 e. The molecular weight excluding hydrogens is 313 g/mol. The van der Waals surface area contributed by atoms with E-state index in [1.165, 1.54) is 12.1 Å². The van der Waals surface area contributed by atoms with Gasteiger partial charge in [-0.1, -0.05) is 41.9 Å². The second kappa shape index (κ2) is 7.14. The molecule has 0 N–H and O–H groups in total. The van der Waals surface area contributed by atoms with Crippen LogP contribution in [0.3, 0.4) is 0 Å². The highest BCUT2D eigenvalue weighted by Crippen LogP contribution is 2.32. The van der Waals surface area contributed by atoms with E-state index in [2.05, 4.69) is 0 Å². The van der Waals surface area contributed by atoms with Crippen molar-refractivity contribution in [1.82, 2.24) is 4.90 Å². The fourth-order valence-corrected chi connectivity index (χ4v) is 3.41. The summed E-state index contributed by atoms with van der Waals surface area (Å²) in [4.78, 5) is 14.5. The lowest BCUT2D eigenvalue weighted by Gasteiger charge is -2.25. The first-order valence-electron chi connectivity index (χ1n) is 7.93. The SMILES string of the molecule is O=C(CCc1ccccc1Cl)N1CCCC1c1ccc(F)cc1. The molecule has 1 heterocycles. The Bertz CT molecular complexity index is 686. The number of halogens is 2. The van der Waals surface area contributed by atoms with Gasteiger partial charge in [-0.15, -0.1) is 0 Å². The first-order chi connectivity index (χ1) is 11.1. The molecule has 3 rings (SSSR count). The Morgan fingerprint density at radius 1 is 1.17 bits per heavy atom. The minimum Gasteiger partial charge on any atom is -0.336 e. The zero-order valence-corrected chi connectivity index (χ0v) is 13.6. The lowest BCUT2D eigenvalue weighted by atomic mass is 10.0. The van der Waals surface area contributed by atoms with Crippen LogP contribution in [-0.2, 0) is 11.2 Å². The van der Waals surface area contributed by atoms with Gasteiger partial charge in [0.05, 0.1) is 6.04 Å². The highest BCUT2D eigenvalue weighted by molar-refractivity contribution is 6.31. The monoisotopic (exact) mass is 331 g/mol. The van der Waals surface area contributed by atoms with Crippen LogP contribution in [0.1, 0.15) is 36.4 Å². The molecule has 0 radical (unpaired) electrons. The summed E-state index contributed by atoms with van der Waals surface area (Å²) in [5.74, 6) is -0.111. The van der Waals surface area contributed by atoms with Crippen molar-refractivity contribution < 1.29 is 9.18 Å². The number of hydrogen-bond acceptors (Lipinski definition) is 1. The van der Waals surface area contributed by atoms with Crippen molar-refractivity contribution >= 4 is 17.5 Å². The van der Waals surface area contributed by atoms with Crippen LogP contribution in [0.25, 0.3) is 0 Å². The van der Waals surface area contributed by atoms with Gasteiger partial charge in [0.1, 0.15) is 5.82 Å². The zero-order chi connectivity index (χ0) is 16.2. The summed E-state index contributed by atoms with van der Waals surface area (Å²) in [6.07, 6.45) is 3.01. The molecule has 1 atom stereocenters. The summed E-state index contributed by atoms with van der Waals surface area (Å²) in [5.41, 5.74) is 2.01. The second-order valence-corrected chi connectivity index (χ2v) is 6.30. The van der Waals surface area contributed by atoms with E-state index >= 15 is 0 Å². The number of likely N-dealkylation sites (tertiary alicyclic amines) is 1. The predicted molar refractivity (Wildman–Crippen MR) is 89.9 cm³/mol. The van der Waals surface area contributed by atoms with Gasteiger partial charge in [-0.2, -0.15) is 0 Å². The van der Waals surface area contributed by atoms with Crippen LogP contribution in [-0.4, -0.2) is 17.4 Å². The molecule has 0 bridgehead atoms. The van der Waals surface area contributed by atoms with Crippen molar-refractivity contribution in [2.45, 2.75) is 31.7 Å². The van der Waals surface area contributed by atoms with Gasteiger partial charge >= 0.3 is 0 Å². The summed E-state index contributed by atoms with van der Waals surface area (Å²) < 4.78 is 13.1. The predicted octanol–water partition coefficient (Wildman–Crippen LogP) is 4.78. The van der Waals surface area contributed by atoms with E-state index in [4.69, 9.17) is 11.6 Å². The van der Waals surface area contributed by atoms with Gasteiger partial charge in [-0.25, -0.2) is 4.39 Å². The maximum atomic E-state index is 13.1. The number of amides is 1. The van der Waals surface area contributed by atoms with Gasteiger partial charge < -0.3 is 4.90 Å². The normalized spacial score (nSPS) is 17.5. The van der Waals surface area contributed by atoms with E-state index < -0.39 is 0 Å². The smallest absolute Gasteiger partial charge is 0.223 e. The van der Waals surface area contributed by atoms with E-state index in [1.54, 1.807) is 12.1 Å². The van der Waals surface area contributed by atoms with Crippen LogP contribution in [0.5, 0.6) is 0 Å². The Kier molecular flexibility index (Phi) is 4.97. The summed E-state index contributed by atoms with van der Waals surface area (Å²) in [6.45, 7) is 0.767. The van der Waals surface area contributed by atoms with E-state index in [1.807, 2.05) is 29.2 Å². The molecular formula is C19H19ClFNO. The largest absolute Gasteiger partial charge is 0.336 e. The quantitative estimate of drug-likeness (QED) is 0.789. The summed E-state index contributed by atoms with van der Waals surface area (Å²) in [6, 6.07) is 14.2. The zero-order valence-electron chi connectivity index (χ0n) is 12.8. The van der Waals surface area contributed by atoms with Crippen LogP contribution >= 0.6 is 11.6 Å². The lowest BCUT2D eigenvalue weighted by Crippen LogP contribution is -2.30. The average molecular weight is 332 g/mol. The Morgan fingerprint density at radius 2 is 1.91 bits per heavy atom. The molecule has 1 amide bonds. The molecule has 120 valence electrons. The molecule has 4 heteroatoms. The van der Waals surface area contributed by atoms with Gasteiger partial charge in [0, 0.05) is 18.0 Å². The molecule has 1 unspecified atom stereocenters. The molecule has 23 heavy (non-hydrogen) atoms. The summed E-state index contributed by atoms with van der Waals surface area (Å²) >= 11 is 6.15. The van der Waals surface area contributed by atoms with Gasteiger partial charge in [0.25, 0.3) is 0 Å². The van der Waals surface area contributed by atoms with Crippen molar-refractivity contribution in [1.29, 1.82) is 0 Å².